The van der Waals surface area contributed by atoms with Crippen molar-refractivity contribution in [3.05, 3.63) is 102 Å². The molecule has 6 nitrogen and oxygen atoms in total. The van der Waals surface area contributed by atoms with Gasteiger partial charge in [0.2, 0.25) is 0 Å². The molecule has 3 aromatic rings. The minimum absolute atomic E-state index is 0.155. The fourth-order valence-electron chi connectivity index (χ4n) is 5.64. The fraction of sp³-hybridized carbons (Fsp3) is 0.394. The average Bonchev–Trinajstić information content (AvgIpc) is 2.97. The number of hydrogen-bond donors (Lipinski definition) is 2. The van der Waals surface area contributed by atoms with Crippen molar-refractivity contribution in [1.82, 2.24) is 10.2 Å². The normalized spacial score (nSPS) is 14.3. The largest absolute Gasteiger partial charge is 0.352 e. The summed E-state index contributed by atoms with van der Waals surface area (Å²) < 4.78 is 0. The predicted octanol–water partition coefficient (Wildman–Crippen LogP) is 6.38. The van der Waals surface area contributed by atoms with Crippen LogP contribution in [0, 0.1) is 5.92 Å². The standard InChI is InChI=1S/C33H42N4O2/c1-2-3-12-23-37(33(34)39)30-18-11-10-17-29(30)32(38)35-22-19-26-20-24-36(25-21-26)31(27-13-6-4-7-14-27)28-15-8-5-9-16-28/h4-11,13-18,26,31H,2-3,12,19-25H2,1H3,(H2,34,39)(H,35,38). The van der Waals surface area contributed by atoms with Gasteiger partial charge in [-0.2, -0.15) is 0 Å². The molecule has 3 aromatic carbocycles. The van der Waals surface area contributed by atoms with Crippen LogP contribution < -0.4 is 16.0 Å². The molecule has 39 heavy (non-hydrogen) atoms. The summed E-state index contributed by atoms with van der Waals surface area (Å²) >= 11 is 0. The van der Waals surface area contributed by atoms with E-state index in [9.17, 15) is 9.59 Å². The molecule has 6 heteroatoms. The van der Waals surface area contributed by atoms with Gasteiger partial charge in [0.15, 0.2) is 0 Å². The lowest BCUT2D eigenvalue weighted by atomic mass is 9.89. The molecule has 3 N–H and O–H groups in total. The molecule has 4 rings (SSSR count). The maximum atomic E-state index is 13.1. The van der Waals surface area contributed by atoms with Crippen molar-refractivity contribution in [2.45, 2.75) is 51.5 Å². The molecule has 0 aromatic heterocycles. The van der Waals surface area contributed by atoms with Gasteiger partial charge in [0.05, 0.1) is 17.3 Å². The van der Waals surface area contributed by atoms with Gasteiger partial charge in [-0.15, -0.1) is 0 Å². The maximum absolute atomic E-state index is 13.1. The first kappa shape index (κ1) is 28.4. The number of carbonyl (C=O) groups excluding carboxylic acids is 2. The van der Waals surface area contributed by atoms with E-state index in [2.05, 4.69) is 77.8 Å². The van der Waals surface area contributed by atoms with E-state index < -0.39 is 6.03 Å². The minimum Gasteiger partial charge on any atom is -0.352 e. The summed E-state index contributed by atoms with van der Waals surface area (Å²) in [5, 5.41) is 3.10. The number of para-hydroxylation sites is 1. The topological polar surface area (TPSA) is 78.7 Å². The number of carbonyl (C=O) groups is 2. The van der Waals surface area contributed by atoms with Crippen molar-refractivity contribution in [2.24, 2.45) is 11.7 Å². The van der Waals surface area contributed by atoms with Gasteiger partial charge < -0.3 is 11.1 Å². The van der Waals surface area contributed by atoms with E-state index in [1.807, 2.05) is 12.1 Å². The Hall–Kier alpha value is -3.64. The molecule has 1 aliphatic rings. The van der Waals surface area contributed by atoms with E-state index in [-0.39, 0.29) is 11.9 Å². The second-order valence-electron chi connectivity index (χ2n) is 10.5. The zero-order valence-corrected chi connectivity index (χ0v) is 23.1. The molecular formula is C33H42N4O2. The number of amides is 3. The van der Waals surface area contributed by atoms with Crippen molar-refractivity contribution in [2.75, 3.05) is 31.1 Å². The van der Waals surface area contributed by atoms with Crippen LogP contribution in [-0.4, -0.2) is 43.0 Å². The Bertz CT molecular complexity index is 1140. The highest BCUT2D eigenvalue weighted by molar-refractivity contribution is 6.04. The molecule has 1 saturated heterocycles. The second kappa shape index (κ2) is 14.5. The lowest BCUT2D eigenvalue weighted by Crippen LogP contribution is -2.39. The molecule has 1 heterocycles. The smallest absolute Gasteiger partial charge is 0.319 e. The number of piperidine rings is 1. The van der Waals surface area contributed by atoms with Crippen LogP contribution in [0.3, 0.4) is 0 Å². The van der Waals surface area contributed by atoms with Crippen molar-refractivity contribution >= 4 is 17.6 Å². The number of nitrogens with zero attached hydrogens (tertiary/aromatic N) is 2. The van der Waals surface area contributed by atoms with E-state index >= 15 is 0 Å². The number of urea groups is 1. The number of nitrogens with two attached hydrogens (primary N) is 1. The number of unbranched alkanes of at least 4 members (excludes halogenated alkanes) is 2. The number of anilines is 1. The summed E-state index contributed by atoms with van der Waals surface area (Å²) in [6.45, 7) is 5.30. The number of rotatable bonds is 12. The molecule has 3 amide bonds. The van der Waals surface area contributed by atoms with Crippen LogP contribution in [0.15, 0.2) is 84.9 Å². The Balaban J connectivity index is 1.32. The molecule has 1 fully saturated rings. The second-order valence-corrected chi connectivity index (χ2v) is 10.5. The van der Waals surface area contributed by atoms with Crippen LogP contribution >= 0.6 is 0 Å². The first-order valence-electron chi connectivity index (χ1n) is 14.4. The average molecular weight is 527 g/mol. The van der Waals surface area contributed by atoms with Crippen LogP contribution in [0.5, 0.6) is 0 Å². The van der Waals surface area contributed by atoms with Crippen LogP contribution in [0.2, 0.25) is 0 Å². The Labute approximate surface area is 233 Å². The van der Waals surface area contributed by atoms with Crippen molar-refractivity contribution in [3.8, 4) is 0 Å². The Morgan fingerprint density at radius 2 is 1.49 bits per heavy atom. The summed E-state index contributed by atoms with van der Waals surface area (Å²) in [7, 11) is 0. The monoisotopic (exact) mass is 526 g/mol. The third kappa shape index (κ3) is 7.70. The van der Waals surface area contributed by atoms with Crippen LogP contribution in [0.1, 0.15) is 73.0 Å². The van der Waals surface area contributed by atoms with Crippen LogP contribution in [0.25, 0.3) is 0 Å². The third-order valence-corrected chi connectivity index (χ3v) is 7.77. The summed E-state index contributed by atoms with van der Waals surface area (Å²) in [5.41, 5.74) is 9.41. The maximum Gasteiger partial charge on any atom is 0.319 e. The number of likely N-dealkylation sites (tertiary alicyclic amines) is 1. The van der Waals surface area contributed by atoms with Gasteiger partial charge in [-0.25, -0.2) is 4.79 Å². The van der Waals surface area contributed by atoms with Gasteiger partial charge in [0.1, 0.15) is 0 Å². The molecule has 0 radical (unpaired) electrons. The van der Waals surface area contributed by atoms with E-state index in [0.717, 1.165) is 51.6 Å². The third-order valence-electron chi connectivity index (χ3n) is 7.77. The van der Waals surface area contributed by atoms with Crippen molar-refractivity contribution < 1.29 is 9.59 Å². The van der Waals surface area contributed by atoms with E-state index in [1.165, 1.54) is 16.0 Å². The molecule has 1 aliphatic heterocycles. The first-order chi connectivity index (χ1) is 19.1. The Morgan fingerprint density at radius 3 is 2.08 bits per heavy atom. The number of hydrogen-bond acceptors (Lipinski definition) is 3. The molecule has 0 bridgehead atoms. The lowest BCUT2D eigenvalue weighted by molar-refractivity contribution is 0.0946. The Kier molecular flexibility index (Phi) is 10.5. The lowest BCUT2D eigenvalue weighted by Gasteiger charge is -2.38. The van der Waals surface area contributed by atoms with Gasteiger partial charge >= 0.3 is 6.03 Å². The van der Waals surface area contributed by atoms with Crippen LogP contribution in [-0.2, 0) is 0 Å². The quantitative estimate of drug-likeness (QED) is 0.269. The molecule has 0 unspecified atom stereocenters. The van der Waals surface area contributed by atoms with Crippen molar-refractivity contribution in [1.29, 1.82) is 0 Å². The van der Waals surface area contributed by atoms with E-state index in [1.54, 1.807) is 12.1 Å². The molecule has 0 saturated carbocycles. The number of nitrogens with one attached hydrogen (secondary N) is 1. The van der Waals surface area contributed by atoms with E-state index in [0.29, 0.717) is 30.3 Å². The molecule has 206 valence electrons. The zero-order valence-electron chi connectivity index (χ0n) is 23.1. The molecule has 0 spiro atoms. The van der Waals surface area contributed by atoms with E-state index in [4.69, 9.17) is 5.73 Å². The fourth-order valence-corrected chi connectivity index (χ4v) is 5.64. The molecule has 0 atom stereocenters. The highest BCUT2D eigenvalue weighted by atomic mass is 16.2. The summed E-state index contributed by atoms with van der Waals surface area (Å²) in [6, 6.07) is 28.5. The van der Waals surface area contributed by atoms with Crippen molar-refractivity contribution in [3.63, 3.8) is 0 Å². The van der Waals surface area contributed by atoms with Gasteiger partial charge in [0, 0.05) is 13.1 Å². The SMILES string of the molecule is CCCCCN(C(N)=O)c1ccccc1C(=O)NCCC1CCN(C(c2ccccc2)c2ccccc2)CC1. The Morgan fingerprint density at radius 1 is 0.897 bits per heavy atom. The predicted molar refractivity (Wildman–Crippen MR) is 159 cm³/mol. The number of primary amides is 1. The molecule has 0 aliphatic carbocycles. The highest BCUT2D eigenvalue weighted by Crippen LogP contribution is 2.33. The zero-order chi connectivity index (χ0) is 27.5. The van der Waals surface area contributed by atoms with Gasteiger partial charge in [-0.1, -0.05) is 92.6 Å². The summed E-state index contributed by atoms with van der Waals surface area (Å²) in [4.78, 5) is 29.4. The molecular weight excluding hydrogens is 484 g/mol. The summed E-state index contributed by atoms with van der Waals surface area (Å²) in [5.74, 6) is 0.415. The van der Waals surface area contributed by atoms with Gasteiger partial charge in [-0.3, -0.25) is 14.6 Å². The summed E-state index contributed by atoms with van der Waals surface area (Å²) in [6.07, 6.45) is 6.06. The minimum atomic E-state index is -0.526. The van der Waals surface area contributed by atoms with Crippen LogP contribution in [0.4, 0.5) is 10.5 Å². The first-order valence-corrected chi connectivity index (χ1v) is 14.4. The highest BCUT2D eigenvalue weighted by Gasteiger charge is 2.27. The van der Waals surface area contributed by atoms with Gasteiger partial charge in [0.25, 0.3) is 5.91 Å². The van der Waals surface area contributed by atoms with Gasteiger partial charge in [-0.05, 0) is 68.0 Å². The number of benzene rings is 3.